The summed E-state index contributed by atoms with van der Waals surface area (Å²) in [5, 5.41) is 24.4. The van der Waals surface area contributed by atoms with Gasteiger partial charge in [-0.3, -0.25) is 14.9 Å². The topological polar surface area (TPSA) is 172 Å². The van der Waals surface area contributed by atoms with Crippen molar-refractivity contribution in [3.63, 3.8) is 0 Å². The second kappa shape index (κ2) is 10.5. The van der Waals surface area contributed by atoms with Gasteiger partial charge in [0, 0.05) is 24.7 Å². The van der Waals surface area contributed by atoms with E-state index in [-0.39, 0.29) is 30.9 Å². The molecule has 12 nitrogen and oxygen atoms in total. The fourth-order valence-corrected chi connectivity index (χ4v) is 4.38. The molecule has 1 atom stereocenters. The summed E-state index contributed by atoms with van der Waals surface area (Å²) in [5.41, 5.74) is -0.387. The lowest BCUT2D eigenvalue weighted by molar-refractivity contribution is -0.385. The van der Waals surface area contributed by atoms with Gasteiger partial charge < -0.3 is 20.3 Å². The standard InChI is InChI=1S/C17H21N5O7S/c18-5-6-19-16(23)14(20-17(24)21-7-9-29-10-8-21)12-30(27,28)11-13-3-1-2-4-15(13)22(25)26/h1-4,14H,6-12H2,(H,19,23)(H,20,24)/t14-/m0/s1. The molecule has 1 aliphatic rings. The molecule has 0 radical (unpaired) electrons. The Morgan fingerprint density at radius 1 is 1.30 bits per heavy atom. The maximum Gasteiger partial charge on any atom is 0.318 e. The Labute approximate surface area is 172 Å². The molecule has 2 N–H and O–H groups in total. The average Bonchev–Trinajstić information content (AvgIpc) is 2.71. The summed E-state index contributed by atoms with van der Waals surface area (Å²) in [4.78, 5) is 36.5. The SMILES string of the molecule is N#CCNC(=O)[C@H](CS(=O)(=O)Cc1ccccc1[N+](=O)[O-])NC(=O)N1CCOCC1. The monoisotopic (exact) mass is 439 g/mol. The zero-order chi connectivity index (χ0) is 22.1. The average molecular weight is 439 g/mol. The first-order chi connectivity index (χ1) is 14.2. The van der Waals surface area contributed by atoms with Gasteiger partial charge in [0.05, 0.1) is 35.7 Å². The van der Waals surface area contributed by atoms with Crippen LogP contribution in [0.5, 0.6) is 0 Å². The van der Waals surface area contributed by atoms with Crippen LogP contribution in [0.3, 0.4) is 0 Å². The third kappa shape index (κ3) is 6.68. The molecule has 1 aliphatic heterocycles. The van der Waals surface area contributed by atoms with Gasteiger partial charge in [-0.25, -0.2) is 13.2 Å². The molecule has 0 aliphatic carbocycles. The molecule has 1 heterocycles. The molecule has 0 unspecified atom stereocenters. The Morgan fingerprint density at radius 2 is 1.97 bits per heavy atom. The predicted molar refractivity (Wildman–Crippen MR) is 104 cm³/mol. The predicted octanol–water partition coefficient (Wildman–Crippen LogP) is -0.440. The highest BCUT2D eigenvalue weighted by atomic mass is 32.2. The number of hydrogen-bond donors (Lipinski definition) is 2. The largest absolute Gasteiger partial charge is 0.378 e. The number of para-hydroxylation sites is 1. The summed E-state index contributed by atoms with van der Waals surface area (Å²) in [6, 6.07) is 4.96. The van der Waals surface area contributed by atoms with Crippen LogP contribution in [0.25, 0.3) is 0 Å². The molecule has 3 amide bonds. The second-order valence-electron chi connectivity index (χ2n) is 6.42. The minimum Gasteiger partial charge on any atom is -0.378 e. The van der Waals surface area contributed by atoms with Crippen LogP contribution in [0, 0.1) is 21.4 Å². The molecule has 1 fully saturated rings. The minimum atomic E-state index is -4.04. The number of nitro groups is 1. The fraction of sp³-hybridized carbons (Fsp3) is 0.471. The van der Waals surface area contributed by atoms with E-state index in [1.54, 1.807) is 6.07 Å². The molecule has 30 heavy (non-hydrogen) atoms. The van der Waals surface area contributed by atoms with E-state index < -0.39 is 44.2 Å². The normalized spacial score (nSPS) is 15.0. The highest BCUT2D eigenvalue weighted by Gasteiger charge is 2.30. The number of sulfone groups is 1. The van der Waals surface area contributed by atoms with E-state index in [1.807, 2.05) is 0 Å². The van der Waals surface area contributed by atoms with Crippen molar-refractivity contribution in [2.45, 2.75) is 11.8 Å². The van der Waals surface area contributed by atoms with Crippen molar-refractivity contribution in [2.75, 3.05) is 38.6 Å². The molecule has 13 heteroatoms. The van der Waals surface area contributed by atoms with E-state index in [0.717, 1.165) is 0 Å². The van der Waals surface area contributed by atoms with E-state index in [2.05, 4.69) is 10.6 Å². The zero-order valence-electron chi connectivity index (χ0n) is 15.9. The fourth-order valence-electron chi connectivity index (χ4n) is 2.80. The molecule has 1 saturated heterocycles. The number of benzene rings is 1. The molecular weight excluding hydrogens is 418 g/mol. The third-order valence-corrected chi connectivity index (χ3v) is 5.83. The number of morpholine rings is 1. The number of carbonyl (C=O) groups is 2. The van der Waals surface area contributed by atoms with Crippen LogP contribution in [0.4, 0.5) is 10.5 Å². The number of urea groups is 1. The molecular formula is C17H21N5O7S. The number of amides is 3. The minimum absolute atomic E-state index is 0.0295. The lowest BCUT2D eigenvalue weighted by atomic mass is 10.2. The van der Waals surface area contributed by atoms with Crippen molar-refractivity contribution >= 4 is 27.5 Å². The summed E-state index contributed by atoms with van der Waals surface area (Å²) >= 11 is 0. The summed E-state index contributed by atoms with van der Waals surface area (Å²) in [5.74, 6) is -2.31. The summed E-state index contributed by atoms with van der Waals surface area (Å²) < 4.78 is 30.5. The van der Waals surface area contributed by atoms with Crippen LogP contribution in [0.2, 0.25) is 0 Å². The maximum absolute atomic E-state index is 12.7. The number of hydrogen-bond acceptors (Lipinski definition) is 8. The number of nitrogens with one attached hydrogen (secondary N) is 2. The quantitative estimate of drug-likeness (QED) is 0.312. The second-order valence-corrected chi connectivity index (χ2v) is 8.53. The lowest BCUT2D eigenvalue weighted by Crippen LogP contribution is -2.55. The molecule has 162 valence electrons. The van der Waals surface area contributed by atoms with E-state index in [9.17, 15) is 28.1 Å². The number of carbonyl (C=O) groups excluding carboxylic acids is 2. The van der Waals surface area contributed by atoms with Gasteiger partial charge >= 0.3 is 6.03 Å². The van der Waals surface area contributed by atoms with E-state index in [1.165, 1.54) is 29.2 Å². The summed E-state index contributed by atoms with van der Waals surface area (Å²) in [7, 11) is -4.04. The number of ether oxygens (including phenoxy) is 1. The summed E-state index contributed by atoms with van der Waals surface area (Å²) in [6.45, 7) is 0.818. The van der Waals surface area contributed by atoms with Crippen molar-refractivity contribution in [1.29, 1.82) is 5.26 Å². The Hall–Kier alpha value is -3.24. The van der Waals surface area contributed by atoms with Crippen molar-refractivity contribution in [2.24, 2.45) is 0 Å². The highest BCUT2D eigenvalue weighted by Crippen LogP contribution is 2.20. The van der Waals surface area contributed by atoms with Gasteiger partial charge in [-0.05, 0) is 0 Å². The highest BCUT2D eigenvalue weighted by molar-refractivity contribution is 7.90. The number of rotatable bonds is 8. The smallest absolute Gasteiger partial charge is 0.318 e. The first-order valence-corrected chi connectivity index (χ1v) is 10.8. The molecule has 0 spiro atoms. The van der Waals surface area contributed by atoms with Gasteiger partial charge in [0.2, 0.25) is 5.91 Å². The van der Waals surface area contributed by atoms with Crippen LogP contribution in [-0.4, -0.2) is 74.8 Å². The van der Waals surface area contributed by atoms with Gasteiger partial charge in [-0.15, -0.1) is 0 Å². The van der Waals surface area contributed by atoms with E-state index in [0.29, 0.717) is 13.2 Å². The van der Waals surface area contributed by atoms with Crippen molar-refractivity contribution < 1.29 is 27.7 Å². The molecule has 0 bridgehead atoms. The lowest BCUT2D eigenvalue weighted by Gasteiger charge is -2.29. The zero-order valence-corrected chi connectivity index (χ0v) is 16.8. The van der Waals surface area contributed by atoms with Gasteiger partial charge in [0.1, 0.15) is 12.6 Å². The van der Waals surface area contributed by atoms with Crippen molar-refractivity contribution in [1.82, 2.24) is 15.5 Å². The Balaban J connectivity index is 2.17. The molecule has 1 aromatic carbocycles. The van der Waals surface area contributed by atoms with Crippen LogP contribution in [-0.2, 0) is 25.1 Å². The van der Waals surface area contributed by atoms with Gasteiger partial charge in [-0.1, -0.05) is 18.2 Å². The molecule has 0 saturated carbocycles. The maximum atomic E-state index is 12.7. The van der Waals surface area contributed by atoms with Gasteiger partial charge in [-0.2, -0.15) is 5.26 Å². The molecule has 0 aromatic heterocycles. The van der Waals surface area contributed by atoms with Gasteiger partial charge in [0.25, 0.3) is 5.69 Å². The Morgan fingerprint density at radius 3 is 2.60 bits per heavy atom. The number of nitro benzene ring substituents is 1. The van der Waals surface area contributed by atoms with Crippen molar-refractivity contribution in [3.8, 4) is 6.07 Å². The summed E-state index contributed by atoms with van der Waals surface area (Å²) in [6.07, 6.45) is 0. The van der Waals surface area contributed by atoms with E-state index >= 15 is 0 Å². The van der Waals surface area contributed by atoms with E-state index in [4.69, 9.17) is 10.00 Å². The number of nitriles is 1. The van der Waals surface area contributed by atoms with Crippen LogP contribution < -0.4 is 10.6 Å². The molecule has 1 aromatic rings. The first kappa shape index (κ1) is 23.0. The van der Waals surface area contributed by atoms with Gasteiger partial charge in [0.15, 0.2) is 9.84 Å². The third-order valence-electron chi connectivity index (χ3n) is 4.24. The Kier molecular flexibility index (Phi) is 8.07. The Bertz CT molecular complexity index is 938. The van der Waals surface area contributed by atoms with Crippen molar-refractivity contribution in [3.05, 3.63) is 39.9 Å². The number of nitrogens with zero attached hydrogens (tertiary/aromatic N) is 3. The molecule has 2 rings (SSSR count). The van der Waals surface area contributed by atoms with Crippen LogP contribution in [0.1, 0.15) is 5.56 Å². The first-order valence-electron chi connectivity index (χ1n) is 8.94. The van der Waals surface area contributed by atoms with Crippen LogP contribution >= 0.6 is 0 Å². The van der Waals surface area contributed by atoms with Crippen LogP contribution in [0.15, 0.2) is 24.3 Å².